The molecule has 0 radical (unpaired) electrons. The number of benzene rings is 1. The van der Waals surface area contributed by atoms with E-state index in [0.29, 0.717) is 5.56 Å². The van der Waals surface area contributed by atoms with Crippen LogP contribution in [0.4, 0.5) is 5.69 Å². The van der Waals surface area contributed by atoms with Crippen molar-refractivity contribution in [1.82, 2.24) is 16.0 Å². The van der Waals surface area contributed by atoms with Crippen LogP contribution in [0.15, 0.2) is 24.3 Å². The molecule has 1 aromatic rings. The van der Waals surface area contributed by atoms with Gasteiger partial charge in [0.2, 0.25) is 11.8 Å². The number of nitrogens with one attached hydrogen (secondary N) is 3. The fraction of sp³-hybridized carbons (Fsp3) is 0.385. The van der Waals surface area contributed by atoms with Crippen molar-refractivity contribution < 1.29 is 14.5 Å². The number of carbonyl (C=O) groups excluding carboxylic acids is 2. The molecule has 0 bridgehead atoms. The summed E-state index contributed by atoms with van der Waals surface area (Å²) < 4.78 is 0. The Morgan fingerprint density at radius 1 is 1.52 bits per heavy atom. The predicted octanol–water partition coefficient (Wildman–Crippen LogP) is -0.140. The summed E-state index contributed by atoms with van der Waals surface area (Å²) in [6.45, 7) is 2.08. The van der Waals surface area contributed by atoms with Gasteiger partial charge in [-0.3, -0.25) is 25.0 Å². The van der Waals surface area contributed by atoms with Gasteiger partial charge in [-0.15, -0.1) is 0 Å². The lowest BCUT2D eigenvalue weighted by Crippen LogP contribution is -2.58. The molecule has 2 amide bonds. The second kappa shape index (κ2) is 6.31. The van der Waals surface area contributed by atoms with E-state index in [9.17, 15) is 19.7 Å². The first-order valence-electron chi connectivity index (χ1n) is 6.52. The van der Waals surface area contributed by atoms with Gasteiger partial charge in [-0.1, -0.05) is 12.1 Å². The summed E-state index contributed by atoms with van der Waals surface area (Å²) in [7, 11) is 0. The van der Waals surface area contributed by atoms with Crippen LogP contribution in [0, 0.1) is 10.1 Å². The highest BCUT2D eigenvalue weighted by Gasteiger charge is 2.25. The molecule has 0 saturated carbocycles. The van der Waals surface area contributed by atoms with Gasteiger partial charge >= 0.3 is 0 Å². The molecule has 2 unspecified atom stereocenters. The molecule has 112 valence electrons. The highest BCUT2D eigenvalue weighted by Crippen LogP contribution is 2.18. The largest absolute Gasteiger partial charge is 0.353 e. The van der Waals surface area contributed by atoms with Crippen LogP contribution >= 0.6 is 0 Å². The van der Waals surface area contributed by atoms with Crippen molar-refractivity contribution in [3.63, 3.8) is 0 Å². The fourth-order valence-electron chi connectivity index (χ4n) is 2.06. The van der Waals surface area contributed by atoms with Crippen molar-refractivity contribution in [3.8, 4) is 0 Å². The fourth-order valence-corrected chi connectivity index (χ4v) is 2.06. The Hall–Kier alpha value is -2.48. The van der Waals surface area contributed by atoms with E-state index < -0.39 is 11.0 Å². The van der Waals surface area contributed by atoms with E-state index in [0.717, 1.165) is 0 Å². The molecule has 0 aliphatic carbocycles. The van der Waals surface area contributed by atoms with Crippen molar-refractivity contribution >= 4 is 17.5 Å². The van der Waals surface area contributed by atoms with Gasteiger partial charge in [0, 0.05) is 18.7 Å². The summed E-state index contributed by atoms with van der Waals surface area (Å²) in [4.78, 5) is 33.3. The highest BCUT2D eigenvalue weighted by molar-refractivity contribution is 5.86. The first-order valence-corrected chi connectivity index (χ1v) is 6.52. The first-order chi connectivity index (χ1) is 9.97. The van der Waals surface area contributed by atoms with Crippen molar-refractivity contribution in [1.29, 1.82) is 0 Å². The van der Waals surface area contributed by atoms with Gasteiger partial charge in [-0.2, -0.15) is 0 Å². The number of piperazine rings is 1. The Balaban J connectivity index is 1.99. The van der Waals surface area contributed by atoms with Gasteiger partial charge < -0.3 is 10.6 Å². The Kier molecular flexibility index (Phi) is 4.49. The molecule has 0 spiro atoms. The number of non-ortho nitro benzene ring substituents is 1. The van der Waals surface area contributed by atoms with E-state index in [2.05, 4.69) is 16.0 Å². The average Bonchev–Trinajstić information content (AvgIpc) is 2.48. The normalized spacial score (nSPS) is 19.5. The van der Waals surface area contributed by atoms with Gasteiger partial charge in [0.1, 0.15) is 6.04 Å². The molecule has 21 heavy (non-hydrogen) atoms. The summed E-state index contributed by atoms with van der Waals surface area (Å²) in [5, 5.41) is 18.9. The molecule has 1 heterocycles. The lowest BCUT2D eigenvalue weighted by atomic mass is 10.1. The van der Waals surface area contributed by atoms with Crippen molar-refractivity contribution in [2.75, 3.05) is 13.1 Å². The van der Waals surface area contributed by atoms with Crippen LogP contribution in [-0.2, 0) is 9.59 Å². The van der Waals surface area contributed by atoms with E-state index >= 15 is 0 Å². The van der Waals surface area contributed by atoms with E-state index in [1.165, 1.54) is 12.1 Å². The van der Waals surface area contributed by atoms with Crippen molar-refractivity contribution in [2.24, 2.45) is 0 Å². The highest BCUT2D eigenvalue weighted by atomic mass is 16.6. The number of carbonyl (C=O) groups is 2. The SMILES string of the molecule is CC(NC(=O)C1CNC(=O)CN1)c1cccc([N+](=O)[O-])c1. The van der Waals surface area contributed by atoms with Gasteiger partial charge in [-0.05, 0) is 12.5 Å². The molecule has 1 aromatic carbocycles. The molecule has 3 N–H and O–H groups in total. The van der Waals surface area contributed by atoms with Crippen LogP contribution in [0.3, 0.4) is 0 Å². The quantitative estimate of drug-likeness (QED) is 0.528. The molecular formula is C13H16N4O4. The van der Waals surface area contributed by atoms with Gasteiger partial charge in [-0.25, -0.2) is 0 Å². The minimum atomic E-state index is -0.496. The lowest BCUT2D eigenvalue weighted by molar-refractivity contribution is -0.384. The van der Waals surface area contributed by atoms with Crippen LogP contribution in [0.5, 0.6) is 0 Å². The molecule has 1 aliphatic heterocycles. The van der Waals surface area contributed by atoms with Gasteiger partial charge in [0.15, 0.2) is 0 Å². The Morgan fingerprint density at radius 3 is 2.90 bits per heavy atom. The Bertz CT molecular complexity index is 565. The monoisotopic (exact) mass is 292 g/mol. The molecular weight excluding hydrogens is 276 g/mol. The van der Waals surface area contributed by atoms with Crippen molar-refractivity contribution in [2.45, 2.75) is 19.0 Å². The second-order valence-corrected chi connectivity index (χ2v) is 4.82. The van der Waals surface area contributed by atoms with Gasteiger partial charge in [0.05, 0.1) is 17.5 Å². The number of nitro groups is 1. The third-order valence-electron chi connectivity index (χ3n) is 3.27. The maximum atomic E-state index is 12.0. The first kappa shape index (κ1) is 14.9. The van der Waals surface area contributed by atoms with Crippen LogP contribution in [-0.4, -0.2) is 35.9 Å². The number of hydrogen-bond acceptors (Lipinski definition) is 5. The van der Waals surface area contributed by atoms with Crippen molar-refractivity contribution in [3.05, 3.63) is 39.9 Å². The molecule has 2 atom stereocenters. The topological polar surface area (TPSA) is 113 Å². The zero-order valence-corrected chi connectivity index (χ0v) is 11.5. The molecule has 2 rings (SSSR count). The van der Waals surface area contributed by atoms with Crippen LogP contribution in [0.1, 0.15) is 18.5 Å². The third kappa shape index (κ3) is 3.76. The maximum Gasteiger partial charge on any atom is 0.269 e. The summed E-state index contributed by atoms with van der Waals surface area (Å²) in [5.74, 6) is -0.403. The zero-order valence-electron chi connectivity index (χ0n) is 11.5. The predicted molar refractivity (Wildman–Crippen MR) is 74.5 cm³/mol. The summed E-state index contributed by atoms with van der Waals surface area (Å²) in [6.07, 6.45) is 0. The molecule has 1 fully saturated rings. The van der Waals surface area contributed by atoms with Crippen LogP contribution < -0.4 is 16.0 Å². The molecule has 1 aliphatic rings. The van der Waals surface area contributed by atoms with E-state index in [-0.39, 0.29) is 36.6 Å². The number of hydrogen-bond donors (Lipinski definition) is 3. The average molecular weight is 292 g/mol. The van der Waals surface area contributed by atoms with Crippen LogP contribution in [0.2, 0.25) is 0 Å². The molecule has 8 heteroatoms. The van der Waals surface area contributed by atoms with E-state index in [4.69, 9.17) is 0 Å². The number of nitro benzene ring substituents is 1. The standard InChI is InChI=1S/C13H16N4O4/c1-8(9-3-2-4-10(5-9)17(20)21)16-13(19)11-6-15-12(18)7-14-11/h2-5,8,11,14H,6-7H2,1H3,(H,15,18)(H,16,19). The third-order valence-corrected chi connectivity index (χ3v) is 3.27. The minimum absolute atomic E-state index is 0.0170. The molecule has 1 saturated heterocycles. The Labute approximate surface area is 121 Å². The minimum Gasteiger partial charge on any atom is -0.353 e. The summed E-state index contributed by atoms with van der Waals surface area (Å²) in [6, 6.07) is 5.27. The molecule has 0 aromatic heterocycles. The lowest BCUT2D eigenvalue weighted by Gasteiger charge is -2.25. The van der Waals surface area contributed by atoms with E-state index in [1.807, 2.05) is 0 Å². The smallest absolute Gasteiger partial charge is 0.269 e. The number of rotatable bonds is 4. The Morgan fingerprint density at radius 2 is 2.29 bits per heavy atom. The summed E-state index contributed by atoms with van der Waals surface area (Å²) in [5.41, 5.74) is 0.633. The number of nitrogens with zero attached hydrogens (tertiary/aromatic N) is 1. The number of amides is 2. The summed E-state index contributed by atoms with van der Waals surface area (Å²) >= 11 is 0. The zero-order chi connectivity index (χ0) is 15.4. The molecule has 8 nitrogen and oxygen atoms in total. The maximum absolute atomic E-state index is 12.0. The van der Waals surface area contributed by atoms with Gasteiger partial charge in [0.25, 0.3) is 5.69 Å². The van der Waals surface area contributed by atoms with E-state index in [1.54, 1.807) is 19.1 Å². The second-order valence-electron chi connectivity index (χ2n) is 4.82. The van der Waals surface area contributed by atoms with Crippen LogP contribution in [0.25, 0.3) is 0 Å².